The van der Waals surface area contributed by atoms with E-state index in [1.165, 1.54) is 11.8 Å². The van der Waals surface area contributed by atoms with E-state index in [9.17, 15) is 8.78 Å². The van der Waals surface area contributed by atoms with Crippen LogP contribution in [-0.2, 0) is 0 Å². The monoisotopic (exact) mass is 233 g/mol. The van der Waals surface area contributed by atoms with E-state index in [0.29, 0.717) is 5.56 Å². The first-order valence-electron chi connectivity index (χ1n) is 4.39. The van der Waals surface area contributed by atoms with E-state index in [1.54, 1.807) is 24.3 Å². The van der Waals surface area contributed by atoms with Gasteiger partial charge in [-0.05, 0) is 24.0 Å². The van der Waals surface area contributed by atoms with Crippen molar-refractivity contribution in [2.45, 2.75) is 16.9 Å². The van der Waals surface area contributed by atoms with Crippen molar-refractivity contribution < 1.29 is 13.9 Å². The van der Waals surface area contributed by atoms with Crippen LogP contribution in [0.15, 0.2) is 29.2 Å². The molecular weight excluding hydrogens is 220 g/mol. The summed E-state index contributed by atoms with van der Waals surface area (Å²) in [7, 11) is 0. The van der Waals surface area contributed by atoms with Crippen molar-refractivity contribution in [1.29, 1.82) is 0 Å². The molecule has 3 N–H and O–H groups in total. The predicted molar refractivity (Wildman–Crippen MR) is 57.2 cm³/mol. The Labute approximate surface area is 91.5 Å². The SMILES string of the molecule is CSc1ccc([C@@H](N)C(F)(F)CO)cc1. The zero-order valence-electron chi connectivity index (χ0n) is 8.28. The molecule has 0 aliphatic heterocycles. The Morgan fingerprint density at radius 1 is 1.40 bits per heavy atom. The molecule has 0 heterocycles. The minimum Gasteiger partial charge on any atom is -0.390 e. The predicted octanol–water partition coefficient (Wildman–Crippen LogP) is 2.04. The van der Waals surface area contributed by atoms with Crippen LogP contribution in [0.3, 0.4) is 0 Å². The summed E-state index contributed by atoms with van der Waals surface area (Å²) < 4.78 is 26.1. The van der Waals surface area contributed by atoms with E-state index in [0.717, 1.165) is 4.90 Å². The lowest BCUT2D eigenvalue weighted by molar-refractivity contribution is -0.0711. The minimum atomic E-state index is -3.28. The van der Waals surface area contributed by atoms with Gasteiger partial charge in [0, 0.05) is 4.90 Å². The highest BCUT2D eigenvalue weighted by molar-refractivity contribution is 7.98. The van der Waals surface area contributed by atoms with E-state index in [4.69, 9.17) is 10.8 Å². The summed E-state index contributed by atoms with van der Waals surface area (Å²) in [4.78, 5) is 0.985. The maximum atomic E-state index is 13.0. The Kier molecular flexibility index (Phi) is 4.07. The molecule has 0 bridgehead atoms. The molecule has 1 atom stereocenters. The molecule has 0 aliphatic rings. The van der Waals surface area contributed by atoms with E-state index >= 15 is 0 Å². The molecule has 0 spiro atoms. The molecule has 1 rings (SSSR count). The molecule has 0 saturated carbocycles. The molecule has 0 unspecified atom stereocenters. The van der Waals surface area contributed by atoms with Crippen LogP contribution in [0.1, 0.15) is 11.6 Å². The van der Waals surface area contributed by atoms with E-state index in [2.05, 4.69) is 0 Å². The second-order valence-electron chi connectivity index (χ2n) is 3.17. The molecule has 0 saturated heterocycles. The van der Waals surface area contributed by atoms with Gasteiger partial charge in [-0.25, -0.2) is 8.78 Å². The molecule has 0 amide bonds. The lowest BCUT2D eigenvalue weighted by atomic mass is 10.0. The summed E-state index contributed by atoms with van der Waals surface area (Å²) in [5, 5.41) is 8.49. The molecule has 2 nitrogen and oxygen atoms in total. The average Bonchev–Trinajstić information content (AvgIpc) is 2.28. The van der Waals surface area contributed by atoms with Crippen LogP contribution < -0.4 is 5.73 Å². The Balaban J connectivity index is 2.87. The smallest absolute Gasteiger partial charge is 0.289 e. The largest absolute Gasteiger partial charge is 0.390 e. The highest BCUT2D eigenvalue weighted by Gasteiger charge is 2.37. The quantitative estimate of drug-likeness (QED) is 0.782. The molecule has 0 aromatic heterocycles. The first kappa shape index (κ1) is 12.4. The van der Waals surface area contributed by atoms with Gasteiger partial charge in [0.1, 0.15) is 6.61 Å². The van der Waals surface area contributed by atoms with E-state index < -0.39 is 18.6 Å². The Hall–Kier alpha value is -0.650. The third-order valence-corrected chi connectivity index (χ3v) is 2.88. The van der Waals surface area contributed by atoms with Crippen LogP contribution in [0.2, 0.25) is 0 Å². The number of hydrogen-bond donors (Lipinski definition) is 2. The highest BCUT2D eigenvalue weighted by Crippen LogP contribution is 2.29. The van der Waals surface area contributed by atoms with Gasteiger partial charge in [-0.2, -0.15) is 0 Å². The number of benzene rings is 1. The van der Waals surface area contributed by atoms with Gasteiger partial charge in [-0.3, -0.25) is 0 Å². The minimum absolute atomic E-state index is 0.326. The topological polar surface area (TPSA) is 46.2 Å². The van der Waals surface area contributed by atoms with Gasteiger partial charge in [-0.15, -0.1) is 11.8 Å². The van der Waals surface area contributed by atoms with Gasteiger partial charge in [0.2, 0.25) is 0 Å². The number of rotatable bonds is 4. The second kappa shape index (κ2) is 4.92. The third kappa shape index (κ3) is 2.90. The Morgan fingerprint density at radius 3 is 2.33 bits per heavy atom. The standard InChI is InChI=1S/C10H13F2NOS/c1-15-8-4-2-7(3-5-8)9(13)10(11,12)6-14/h2-5,9,14H,6,13H2,1H3/t9-/m1/s1. The average molecular weight is 233 g/mol. The van der Waals surface area contributed by atoms with Crippen LogP contribution >= 0.6 is 11.8 Å². The maximum absolute atomic E-state index is 13.0. The Morgan fingerprint density at radius 2 is 1.93 bits per heavy atom. The molecule has 0 aliphatic carbocycles. The molecule has 5 heteroatoms. The maximum Gasteiger partial charge on any atom is 0.289 e. The van der Waals surface area contributed by atoms with Crippen LogP contribution in [0.4, 0.5) is 8.78 Å². The number of thioether (sulfide) groups is 1. The van der Waals surface area contributed by atoms with Crippen molar-refractivity contribution in [2.24, 2.45) is 5.73 Å². The summed E-state index contributed by atoms with van der Waals surface area (Å²) in [6.07, 6.45) is 1.90. The van der Waals surface area contributed by atoms with Crippen molar-refractivity contribution in [1.82, 2.24) is 0 Å². The lowest BCUT2D eigenvalue weighted by Gasteiger charge is -2.21. The lowest BCUT2D eigenvalue weighted by Crippen LogP contribution is -2.36. The van der Waals surface area contributed by atoms with Gasteiger partial charge >= 0.3 is 0 Å². The first-order valence-corrected chi connectivity index (χ1v) is 5.62. The summed E-state index contributed by atoms with van der Waals surface area (Å²) in [5.41, 5.74) is 5.68. The number of aliphatic hydroxyl groups is 1. The fourth-order valence-corrected chi connectivity index (χ4v) is 1.56. The number of aliphatic hydroxyl groups excluding tert-OH is 1. The summed E-state index contributed by atoms with van der Waals surface area (Å²) in [6.45, 7) is -1.24. The summed E-state index contributed by atoms with van der Waals surface area (Å²) >= 11 is 1.52. The zero-order valence-corrected chi connectivity index (χ0v) is 9.10. The van der Waals surface area contributed by atoms with Crippen molar-refractivity contribution in [3.8, 4) is 0 Å². The normalized spacial score (nSPS) is 13.9. The van der Waals surface area contributed by atoms with Crippen LogP contribution in [0.5, 0.6) is 0 Å². The zero-order chi connectivity index (χ0) is 11.5. The van der Waals surface area contributed by atoms with Gasteiger partial charge < -0.3 is 10.8 Å². The molecule has 0 fully saturated rings. The number of hydrogen-bond acceptors (Lipinski definition) is 3. The van der Waals surface area contributed by atoms with Crippen molar-refractivity contribution in [2.75, 3.05) is 12.9 Å². The number of halogens is 2. The van der Waals surface area contributed by atoms with Gasteiger partial charge in [0.15, 0.2) is 0 Å². The van der Waals surface area contributed by atoms with Gasteiger partial charge in [0.05, 0.1) is 6.04 Å². The van der Waals surface area contributed by atoms with Crippen molar-refractivity contribution in [3.63, 3.8) is 0 Å². The third-order valence-electron chi connectivity index (χ3n) is 2.14. The second-order valence-corrected chi connectivity index (χ2v) is 4.05. The number of alkyl halides is 2. The molecule has 1 aromatic carbocycles. The van der Waals surface area contributed by atoms with E-state index in [-0.39, 0.29) is 0 Å². The van der Waals surface area contributed by atoms with Gasteiger partial charge in [-0.1, -0.05) is 12.1 Å². The Bertz CT molecular complexity index is 316. The van der Waals surface area contributed by atoms with Gasteiger partial charge in [0.25, 0.3) is 5.92 Å². The highest BCUT2D eigenvalue weighted by atomic mass is 32.2. The molecule has 1 aromatic rings. The molecular formula is C10H13F2NOS. The van der Waals surface area contributed by atoms with Crippen LogP contribution in [0, 0.1) is 0 Å². The molecule has 15 heavy (non-hydrogen) atoms. The number of nitrogens with two attached hydrogens (primary N) is 1. The fraction of sp³-hybridized carbons (Fsp3) is 0.400. The van der Waals surface area contributed by atoms with Crippen molar-refractivity contribution in [3.05, 3.63) is 29.8 Å². The molecule has 84 valence electrons. The van der Waals surface area contributed by atoms with Crippen LogP contribution in [0.25, 0.3) is 0 Å². The molecule has 0 radical (unpaired) electrons. The summed E-state index contributed by atoms with van der Waals surface area (Å²) in [5.74, 6) is -3.28. The van der Waals surface area contributed by atoms with Crippen molar-refractivity contribution >= 4 is 11.8 Å². The fourth-order valence-electron chi connectivity index (χ4n) is 1.15. The van der Waals surface area contributed by atoms with Crippen LogP contribution in [-0.4, -0.2) is 23.9 Å². The summed E-state index contributed by atoms with van der Waals surface area (Å²) in [6, 6.07) is 5.11. The first-order chi connectivity index (χ1) is 7.01. The van der Waals surface area contributed by atoms with E-state index in [1.807, 2.05) is 6.26 Å².